The molecule has 0 saturated carbocycles. The van der Waals surface area contributed by atoms with Gasteiger partial charge in [0, 0.05) is 18.7 Å². The predicted molar refractivity (Wildman–Crippen MR) is 109 cm³/mol. The van der Waals surface area contributed by atoms with E-state index in [1.165, 1.54) is 19.2 Å². The van der Waals surface area contributed by atoms with Gasteiger partial charge in [0.25, 0.3) is 5.91 Å². The van der Waals surface area contributed by atoms with E-state index in [2.05, 4.69) is 4.72 Å². The molecule has 0 heterocycles. The summed E-state index contributed by atoms with van der Waals surface area (Å²) < 4.78 is 26.5. The van der Waals surface area contributed by atoms with Gasteiger partial charge >= 0.3 is 0 Å². The number of rotatable bonds is 7. The first-order valence-electron chi connectivity index (χ1n) is 8.90. The van der Waals surface area contributed by atoms with Crippen molar-refractivity contribution in [3.63, 3.8) is 0 Å². The third-order valence-electron chi connectivity index (χ3n) is 4.38. The number of amides is 1. The molecule has 28 heavy (non-hydrogen) atoms. The molecule has 0 aliphatic rings. The number of benzene rings is 3. The normalized spacial score (nSPS) is 11.2. The Morgan fingerprint density at radius 2 is 1.36 bits per heavy atom. The topological polar surface area (TPSA) is 66.5 Å². The first kappa shape index (κ1) is 19.8. The predicted octanol–water partition coefficient (Wildman–Crippen LogP) is 3.44. The summed E-state index contributed by atoms with van der Waals surface area (Å²) in [5.74, 6) is -0.221. The summed E-state index contributed by atoms with van der Waals surface area (Å²) in [5.41, 5.74) is 2.35. The van der Waals surface area contributed by atoms with Crippen LogP contribution in [0.5, 0.6) is 0 Å². The molecule has 0 fully saturated rings. The fourth-order valence-corrected chi connectivity index (χ4v) is 3.68. The van der Waals surface area contributed by atoms with E-state index in [4.69, 9.17) is 0 Å². The second kappa shape index (κ2) is 8.82. The fraction of sp³-hybridized carbons (Fsp3) is 0.136. The Morgan fingerprint density at radius 3 is 1.86 bits per heavy atom. The van der Waals surface area contributed by atoms with E-state index >= 15 is 0 Å². The number of sulfonamides is 1. The van der Waals surface area contributed by atoms with Gasteiger partial charge in [-0.25, -0.2) is 13.1 Å². The number of carbonyl (C=O) groups is 1. The van der Waals surface area contributed by atoms with Crippen LogP contribution in [0.15, 0.2) is 89.8 Å². The molecule has 144 valence electrons. The molecule has 0 radical (unpaired) electrons. The van der Waals surface area contributed by atoms with Gasteiger partial charge < -0.3 is 4.90 Å². The van der Waals surface area contributed by atoms with Crippen LogP contribution in [0.25, 0.3) is 0 Å². The van der Waals surface area contributed by atoms with Gasteiger partial charge in [-0.15, -0.1) is 0 Å². The highest BCUT2D eigenvalue weighted by Gasteiger charge is 2.19. The van der Waals surface area contributed by atoms with Crippen LogP contribution in [0.2, 0.25) is 0 Å². The van der Waals surface area contributed by atoms with Crippen LogP contribution in [0.1, 0.15) is 21.5 Å². The lowest BCUT2D eigenvalue weighted by atomic mass is 10.1. The Kier molecular flexibility index (Phi) is 6.23. The second-order valence-corrected chi connectivity index (χ2v) is 8.25. The molecule has 0 saturated heterocycles. The van der Waals surface area contributed by atoms with Gasteiger partial charge in [-0.05, 0) is 36.4 Å². The molecule has 3 rings (SSSR count). The van der Waals surface area contributed by atoms with Crippen molar-refractivity contribution in [2.24, 2.45) is 0 Å². The number of hydrogen-bond donors (Lipinski definition) is 1. The van der Waals surface area contributed by atoms with Crippen LogP contribution in [0, 0.1) is 0 Å². The van der Waals surface area contributed by atoms with Crippen molar-refractivity contribution in [1.82, 2.24) is 9.62 Å². The zero-order valence-corrected chi connectivity index (χ0v) is 16.4. The maximum Gasteiger partial charge on any atom is 0.254 e. The molecule has 0 atom stereocenters. The lowest BCUT2D eigenvalue weighted by molar-refractivity contribution is 0.0730. The molecular weight excluding hydrogens is 372 g/mol. The summed E-state index contributed by atoms with van der Waals surface area (Å²) in [7, 11) is -2.27. The van der Waals surface area contributed by atoms with Crippen molar-refractivity contribution in [1.29, 1.82) is 0 Å². The molecule has 0 unspecified atom stereocenters. The number of carbonyl (C=O) groups excluding carboxylic acids is 1. The molecule has 0 bridgehead atoms. The summed E-state index contributed by atoms with van der Waals surface area (Å²) >= 11 is 0. The maximum atomic E-state index is 13.2. The van der Waals surface area contributed by atoms with E-state index < -0.39 is 10.0 Å². The van der Waals surface area contributed by atoms with E-state index in [-0.39, 0.29) is 10.8 Å². The van der Waals surface area contributed by atoms with Gasteiger partial charge in [-0.2, -0.15) is 0 Å². The molecule has 1 amide bonds. The quantitative estimate of drug-likeness (QED) is 0.668. The number of hydrogen-bond acceptors (Lipinski definition) is 3. The van der Waals surface area contributed by atoms with Crippen LogP contribution in [0.4, 0.5) is 0 Å². The molecule has 3 aromatic carbocycles. The Labute approximate surface area is 165 Å². The van der Waals surface area contributed by atoms with Crippen LogP contribution < -0.4 is 4.72 Å². The van der Waals surface area contributed by atoms with Crippen molar-refractivity contribution in [2.75, 3.05) is 7.05 Å². The summed E-state index contributed by atoms with van der Waals surface area (Å²) in [5, 5.41) is 0. The molecular formula is C22H22N2O3S. The van der Waals surface area contributed by atoms with Gasteiger partial charge in [0.15, 0.2) is 0 Å². The third-order valence-corrected chi connectivity index (χ3v) is 5.79. The Balaban J connectivity index is 1.93. The maximum absolute atomic E-state index is 13.2. The van der Waals surface area contributed by atoms with Gasteiger partial charge in [0.1, 0.15) is 0 Å². The lowest BCUT2D eigenvalue weighted by Crippen LogP contribution is -2.30. The largest absolute Gasteiger partial charge is 0.330 e. The van der Waals surface area contributed by atoms with Crippen LogP contribution in [0.3, 0.4) is 0 Å². The van der Waals surface area contributed by atoms with E-state index in [0.29, 0.717) is 18.7 Å². The van der Waals surface area contributed by atoms with E-state index in [0.717, 1.165) is 11.1 Å². The second-order valence-electron chi connectivity index (χ2n) is 6.37. The average molecular weight is 394 g/mol. The summed E-state index contributed by atoms with van der Waals surface area (Å²) in [4.78, 5) is 15.0. The first-order chi connectivity index (χ1) is 13.5. The fourth-order valence-electron chi connectivity index (χ4n) is 2.90. The van der Waals surface area contributed by atoms with Crippen molar-refractivity contribution in [3.05, 3.63) is 102 Å². The zero-order valence-electron chi connectivity index (χ0n) is 15.6. The Hall–Kier alpha value is -2.96. The third kappa shape index (κ3) is 4.85. The SMILES string of the molecule is CNS(=O)(=O)c1cccc(C(=O)N(Cc2ccccc2)Cc2ccccc2)c1. The molecule has 3 aromatic rings. The van der Waals surface area contributed by atoms with Gasteiger partial charge in [-0.1, -0.05) is 66.7 Å². The van der Waals surface area contributed by atoms with Crippen molar-refractivity contribution in [2.45, 2.75) is 18.0 Å². The molecule has 1 N–H and O–H groups in total. The van der Waals surface area contributed by atoms with Gasteiger partial charge in [0.05, 0.1) is 4.90 Å². The minimum Gasteiger partial charge on any atom is -0.330 e. The number of nitrogens with zero attached hydrogens (tertiary/aromatic N) is 1. The van der Waals surface area contributed by atoms with E-state index in [9.17, 15) is 13.2 Å². The van der Waals surface area contributed by atoms with Gasteiger partial charge in [0.2, 0.25) is 10.0 Å². The van der Waals surface area contributed by atoms with Crippen molar-refractivity contribution < 1.29 is 13.2 Å². The molecule has 6 heteroatoms. The van der Waals surface area contributed by atoms with Crippen molar-refractivity contribution in [3.8, 4) is 0 Å². The Morgan fingerprint density at radius 1 is 0.821 bits per heavy atom. The summed E-state index contributed by atoms with van der Waals surface area (Å²) in [6.45, 7) is 0.856. The minimum absolute atomic E-state index is 0.0697. The molecule has 0 aliphatic carbocycles. The first-order valence-corrected chi connectivity index (χ1v) is 10.4. The van der Waals surface area contributed by atoms with E-state index in [1.54, 1.807) is 17.0 Å². The standard InChI is InChI=1S/C22H22N2O3S/c1-23-28(26,27)21-14-8-13-20(15-21)22(25)24(16-18-9-4-2-5-10-18)17-19-11-6-3-7-12-19/h2-15,23H,16-17H2,1H3. The van der Waals surface area contributed by atoms with E-state index in [1.807, 2.05) is 60.7 Å². The minimum atomic E-state index is -3.62. The van der Waals surface area contributed by atoms with Crippen LogP contribution >= 0.6 is 0 Å². The summed E-state index contributed by atoms with van der Waals surface area (Å²) in [6, 6.07) is 25.6. The lowest BCUT2D eigenvalue weighted by Gasteiger charge is -2.23. The van der Waals surface area contributed by atoms with Crippen LogP contribution in [-0.4, -0.2) is 26.3 Å². The number of nitrogens with one attached hydrogen (secondary N) is 1. The molecule has 0 spiro atoms. The zero-order chi connectivity index (χ0) is 20.0. The molecule has 5 nitrogen and oxygen atoms in total. The van der Waals surface area contributed by atoms with Gasteiger partial charge in [-0.3, -0.25) is 4.79 Å². The highest BCUT2D eigenvalue weighted by Crippen LogP contribution is 2.17. The molecule has 0 aromatic heterocycles. The van der Waals surface area contributed by atoms with Crippen LogP contribution in [-0.2, 0) is 23.1 Å². The highest BCUT2D eigenvalue weighted by atomic mass is 32.2. The average Bonchev–Trinajstić information content (AvgIpc) is 2.74. The summed E-state index contributed by atoms with van der Waals surface area (Å²) in [6.07, 6.45) is 0. The Bertz CT molecular complexity index is 994. The smallest absolute Gasteiger partial charge is 0.254 e. The highest BCUT2D eigenvalue weighted by molar-refractivity contribution is 7.89. The monoisotopic (exact) mass is 394 g/mol. The van der Waals surface area contributed by atoms with Crippen molar-refractivity contribution >= 4 is 15.9 Å². The molecule has 0 aliphatic heterocycles.